The van der Waals surface area contributed by atoms with Crippen LogP contribution in [-0.4, -0.2) is 62.9 Å². The quantitative estimate of drug-likeness (QED) is 0.812. The van der Waals surface area contributed by atoms with E-state index in [-0.39, 0.29) is 30.4 Å². The average Bonchev–Trinajstić information content (AvgIpc) is 3.19. The summed E-state index contributed by atoms with van der Waals surface area (Å²) in [6.07, 6.45) is 5.35. The topological polar surface area (TPSA) is 87.5 Å². The third-order valence-corrected chi connectivity index (χ3v) is 4.52. The molecular formula is C17H17N5O3. The first-order chi connectivity index (χ1) is 12.1. The molecule has 3 heterocycles. The predicted molar refractivity (Wildman–Crippen MR) is 87.7 cm³/mol. The maximum absolute atomic E-state index is 12.5. The number of nitrogens with zero attached hydrogens (tertiary/aromatic N) is 4. The van der Waals surface area contributed by atoms with Gasteiger partial charge in [-0.05, 0) is 17.7 Å². The molecule has 0 radical (unpaired) electrons. The molecule has 2 saturated heterocycles. The first kappa shape index (κ1) is 15.4. The van der Waals surface area contributed by atoms with Crippen molar-refractivity contribution in [1.29, 1.82) is 0 Å². The molecule has 25 heavy (non-hydrogen) atoms. The van der Waals surface area contributed by atoms with E-state index >= 15 is 0 Å². The van der Waals surface area contributed by atoms with Gasteiger partial charge >= 0.3 is 6.03 Å². The van der Waals surface area contributed by atoms with Crippen LogP contribution in [0.2, 0.25) is 0 Å². The van der Waals surface area contributed by atoms with Gasteiger partial charge in [-0.15, -0.1) is 0 Å². The molecule has 2 fully saturated rings. The molecule has 1 aromatic carbocycles. The first-order valence-electron chi connectivity index (χ1n) is 8.05. The second-order valence-corrected chi connectivity index (χ2v) is 6.22. The smallest absolute Gasteiger partial charge is 0.324 e. The maximum Gasteiger partial charge on any atom is 0.324 e. The molecule has 0 saturated carbocycles. The zero-order chi connectivity index (χ0) is 17.4. The molecule has 8 heteroatoms. The number of carbonyl (C=O) groups excluding carboxylic acids is 3. The number of rotatable bonds is 4. The highest BCUT2D eigenvalue weighted by Crippen LogP contribution is 2.20. The maximum atomic E-state index is 12.5. The molecule has 0 atom stereocenters. The van der Waals surface area contributed by atoms with Crippen molar-refractivity contribution >= 4 is 17.8 Å². The van der Waals surface area contributed by atoms with E-state index in [4.69, 9.17) is 0 Å². The van der Waals surface area contributed by atoms with Crippen molar-refractivity contribution in [1.82, 2.24) is 24.7 Å². The molecule has 2 aliphatic rings. The van der Waals surface area contributed by atoms with Crippen molar-refractivity contribution in [2.24, 2.45) is 0 Å². The summed E-state index contributed by atoms with van der Waals surface area (Å²) < 4.78 is 1.95. The molecule has 1 N–H and O–H groups in total. The van der Waals surface area contributed by atoms with Crippen LogP contribution in [0, 0.1) is 0 Å². The summed E-state index contributed by atoms with van der Waals surface area (Å²) >= 11 is 0. The van der Waals surface area contributed by atoms with E-state index in [0.29, 0.717) is 25.2 Å². The highest BCUT2D eigenvalue weighted by atomic mass is 16.2. The minimum atomic E-state index is -0.369. The van der Waals surface area contributed by atoms with E-state index < -0.39 is 0 Å². The van der Waals surface area contributed by atoms with Gasteiger partial charge in [0.2, 0.25) is 5.91 Å². The fraction of sp³-hybridized carbons (Fsp3) is 0.294. The Kier molecular flexibility index (Phi) is 3.72. The first-order valence-corrected chi connectivity index (χ1v) is 8.05. The molecule has 128 valence electrons. The van der Waals surface area contributed by atoms with Gasteiger partial charge in [0.25, 0.3) is 5.91 Å². The number of hydrogen-bond donors (Lipinski definition) is 1. The number of amides is 4. The molecule has 4 rings (SSSR count). The van der Waals surface area contributed by atoms with Crippen LogP contribution in [0.4, 0.5) is 4.79 Å². The number of urea groups is 1. The lowest BCUT2D eigenvalue weighted by Crippen LogP contribution is -2.62. The Morgan fingerprint density at radius 1 is 1.20 bits per heavy atom. The van der Waals surface area contributed by atoms with Crippen LogP contribution in [0.1, 0.15) is 15.9 Å². The lowest BCUT2D eigenvalue weighted by molar-refractivity contribution is -0.128. The van der Waals surface area contributed by atoms with Crippen LogP contribution in [0.25, 0.3) is 0 Å². The molecular weight excluding hydrogens is 322 g/mol. The average molecular weight is 339 g/mol. The second kappa shape index (κ2) is 6.04. The Hall–Kier alpha value is -3.16. The monoisotopic (exact) mass is 339 g/mol. The van der Waals surface area contributed by atoms with Gasteiger partial charge in [-0.25, -0.2) is 9.78 Å². The predicted octanol–water partition coefficient (Wildman–Crippen LogP) is 0.308. The lowest BCUT2D eigenvalue weighted by atomic mass is 10.0. The van der Waals surface area contributed by atoms with Gasteiger partial charge in [0.05, 0.1) is 18.9 Å². The number of imidazole rings is 1. The molecule has 0 unspecified atom stereocenters. The summed E-state index contributed by atoms with van der Waals surface area (Å²) in [5.41, 5.74) is 1.68. The Labute approximate surface area is 144 Å². The van der Waals surface area contributed by atoms with E-state index in [0.717, 1.165) is 5.56 Å². The van der Waals surface area contributed by atoms with Crippen molar-refractivity contribution in [2.45, 2.75) is 12.6 Å². The highest BCUT2D eigenvalue weighted by molar-refractivity contribution is 6.03. The fourth-order valence-corrected chi connectivity index (χ4v) is 3.12. The molecule has 1 aromatic heterocycles. The number of nitrogens with one attached hydrogen (secondary N) is 1. The largest absolute Gasteiger partial charge is 0.334 e. The summed E-state index contributed by atoms with van der Waals surface area (Å²) in [5.74, 6) is -0.316. The summed E-state index contributed by atoms with van der Waals surface area (Å²) in [6, 6.07) is 6.85. The standard InChI is InChI=1S/C17H17N5O3/c23-15-7-19-17(25)22(15)14-9-21(10-14)16(24)13-3-1-12(2-4-13)8-20-6-5-18-11-20/h1-6,11,14H,7-10H2,(H,19,25). The van der Waals surface area contributed by atoms with Crippen LogP contribution in [0.5, 0.6) is 0 Å². The fourth-order valence-electron chi connectivity index (χ4n) is 3.12. The number of aromatic nitrogens is 2. The zero-order valence-corrected chi connectivity index (χ0v) is 13.5. The molecule has 0 spiro atoms. The molecule has 8 nitrogen and oxygen atoms in total. The van der Waals surface area contributed by atoms with Gasteiger partial charge in [0, 0.05) is 37.6 Å². The van der Waals surface area contributed by atoms with Crippen molar-refractivity contribution < 1.29 is 14.4 Å². The normalized spacial score (nSPS) is 17.6. The molecule has 0 aliphatic carbocycles. The summed E-state index contributed by atoms with van der Waals surface area (Å²) in [5, 5.41) is 2.50. The molecule has 2 aromatic rings. The van der Waals surface area contributed by atoms with E-state index in [2.05, 4.69) is 10.3 Å². The van der Waals surface area contributed by atoms with Crippen molar-refractivity contribution in [3.63, 3.8) is 0 Å². The third-order valence-electron chi connectivity index (χ3n) is 4.52. The van der Waals surface area contributed by atoms with E-state index in [1.165, 1.54) is 4.90 Å². The van der Waals surface area contributed by atoms with Gasteiger partial charge < -0.3 is 14.8 Å². The second-order valence-electron chi connectivity index (χ2n) is 6.22. The van der Waals surface area contributed by atoms with Gasteiger partial charge in [-0.2, -0.15) is 0 Å². The Morgan fingerprint density at radius 2 is 1.96 bits per heavy atom. The van der Waals surface area contributed by atoms with Crippen LogP contribution >= 0.6 is 0 Å². The number of hydrogen-bond acceptors (Lipinski definition) is 4. The summed E-state index contributed by atoms with van der Waals surface area (Å²) in [6.45, 7) is 1.51. The minimum Gasteiger partial charge on any atom is -0.334 e. The van der Waals surface area contributed by atoms with Gasteiger partial charge in [-0.1, -0.05) is 12.1 Å². The molecule has 4 amide bonds. The zero-order valence-electron chi connectivity index (χ0n) is 13.5. The minimum absolute atomic E-state index is 0.0433. The number of benzene rings is 1. The van der Waals surface area contributed by atoms with Crippen LogP contribution in [0.15, 0.2) is 43.0 Å². The van der Waals surface area contributed by atoms with Crippen LogP contribution < -0.4 is 5.32 Å². The Balaban J connectivity index is 1.36. The van der Waals surface area contributed by atoms with E-state index in [1.54, 1.807) is 29.6 Å². The van der Waals surface area contributed by atoms with Gasteiger partial charge in [0.15, 0.2) is 0 Å². The Morgan fingerprint density at radius 3 is 2.56 bits per heavy atom. The third kappa shape index (κ3) is 2.86. The highest BCUT2D eigenvalue weighted by Gasteiger charge is 2.42. The number of carbonyl (C=O) groups is 3. The number of imide groups is 1. The SMILES string of the molecule is O=C(c1ccc(Cn2ccnc2)cc1)N1CC(N2C(=O)CNC2=O)C1. The van der Waals surface area contributed by atoms with Crippen molar-refractivity contribution in [3.05, 3.63) is 54.1 Å². The van der Waals surface area contributed by atoms with E-state index in [1.807, 2.05) is 22.9 Å². The lowest BCUT2D eigenvalue weighted by Gasteiger charge is -2.42. The molecule has 0 bridgehead atoms. The molecule has 2 aliphatic heterocycles. The van der Waals surface area contributed by atoms with Gasteiger partial charge in [0.1, 0.15) is 0 Å². The van der Waals surface area contributed by atoms with Gasteiger partial charge in [-0.3, -0.25) is 14.5 Å². The summed E-state index contributed by atoms with van der Waals surface area (Å²) in [7, 11) is 0. The number of likely N-dealkylation sites (tertiary alicyclic amines) is 1. The van der Waals surface area contributed by atoms with Crippen molar-refractivity contribution in [3.8, 4) is 0 Å². The van der Waals surface area contributed by atoms with Crippen LogP contribution in [-0.2, 0) is 11.3 Å². The summed E-state index contributed by atoms with van der Waals surface area (Å²) in [4.78, 5) is 42.6. The van der Waals surface area contributed by atoms with Crippen molar-refractivity contribution in [2.75, 3.05) is 19.6 Å². The van der Waals surface area contributed by atoms with E-state index in [9.17, 15) is 14.4 Å². The Bertz CT molecular complexity index is 793. The van der Waals surface area contributed by atoms with Crippen LogP contribution in [0.3, 0.4) is 0 Å².